The van der Waals surface area contributed by atoms with E-state index in [2.05, 4.69) is 0 Å². The van der Waals surface area contributed by atoms with Crippen LogP contribution in [0.15, 0.2) is 59.2 Å². The third kappa shape index (κ3) is 4.42. The molecule has 4 heteroatoms. The standard InChI is InChI=1S/C17H14Cl2O2/c18-16-11-17(19,8-6-13-4-2-1-3-5-13)9-7-14(16)10-15(21)12-20/h1-9,12H,10-11H2/b8-6+. The van der Waals surface area contributed by atoms with E-state index in [0.717, 1.165) is 5.56 Å². The Kier molecular flexibility index (Phi) is 5.16. The fourth-order valence-corrected chi connectivity index (χ4v) is 2.72. The van der Waals surface area contributed by atoms with Crippen molar-refractivity contribution in [2.45, 2.75) is 17.7 Å². The number of rotatable bonds is 5. The number of hydrogen-bond acceptors (Lipinski definition) is 2. The van der Waals surface area contributed by atoms with E-state index in [-0.39, 0.29) is 6.42 Å². The van der Waals surface area contributed by atoms with E-state index in [4.69, 9.17) is 23.2 Å². The molecule has 108 valence electrons. The van der Waals surface area contributed by atoms with Crippen LogP contribution in [-0.4, -0.2) is 16.9 Å². The highest BCUT2D eigenvalue weighted by atomic mass is 35.5. The summed E-state index contributed by atoms with van der Waals surface area (Å²) in [6, 6.07) is 9.81. The molecule has 1 atom stereocenters. The van der Waals surface area contributed by atoms with E-state index < -0.39 is 10.7 Å². The summed E-state index contributed by atoms with van der Waals surface area (Å²) in [5, 5.41) is 0.514. The fraction of sp³-hybridized carbons (Fsp3) is 0.176. The summed E-state index contributed by atoms with van der Waals surface area (Å²) in [7, 11) is 0. The lowest BCUT2D eigenvalue weighted by Crippen LogP contribution is -2.19. The minimum atomic E-state index is -0.708. The van der Waals surface area contributed by atoms with Crippen LogP contribution in [0.5, 0.6) is 0 Å². The number of alkyl halides is 1. The van der Waals surface area contributed by atoms with Gasteiger partial charge in [0.15, 0.2) is 12.1 Å². The van der Waals surface area contributed by atoms with Gasteiger partial charge < -0.3 is 0 Å². The first-order valence-electron chi connectivity index (χ1n) is 6.50. The van der Waals surface area contributed by atoms with Gasteiger partial charge in [-0.15, -0.1) is 11.6 Å². The van der Waals surface area contributed by atoms with Gasteiger partial charge in [-0.05, 0) is 11.1 Å². The van der Waals surface area contributed by atoms with E-state index in [1.54, 1.807) is 12.2 Å². The molecular weight excluding hydrogens is 307 g/mol. The predicted molar refractivity (Wildman–Crippen MR) is 86.4 cm³/mol. The van der Waals surface area contributed by atoms with E-state index in [9.17, 15) is 9.59 Å². The van der Waals surface area contributed by atoms with Crippen molar-refractivity contribution in [3.05, 3.63) is 64.7 Å². The summed E-state index contributed by atoms with van der Waals surface area (Å²) < 4.78 is 0. The minimum absolute atomic E-state index is 0.0220. The molecule has 0 aromatic heterocycles. The number of ketones is 1. The van der Waals surface area contributed by atoms with E-state index in [0.29, 0.717) is 23.3 Å². The van der Waals surface area contributed by atoms with Crippen molar-refractivity contribution in [3.63, 3.8) is 0 Å². The van der Waals surface area contributed by atoms with Gasteiger partial charge in [0.05, 0.1) is 4.87 Å². The Labute approximate surface area is 133 Å². The van der Waals surface area contributed by atoms with Gasteiger partial charge in [0.1, 0.15) is 0 Å². The van der Waals surface area contributed by atoms with E-state index in [1.807, 2.05) is 42.5 Å². The Morgan fingerprint density at radius 1 is 1.29 bits per heavy atom. The lowest BCUT2D eigenvalue weighted by atomic mass is 9.92. The maximum atomic E-state index is 11.2. The second-order valence-electron chi connectivity index (χ2n) is 4.87. The van der Waals surface area contributed by atoms with Crippen molar-refractivity contribution < 1.29 is 9.59 Å². The van der Waals surface area contributed by atoms with Gasteiger partial charge in [-0.25, -0.2) is 0 Å². The molecule has 0 bridgehead atoms. The summed E-state index contributed by atoms with van der Waals surface area (Å²) in [6.45, 7) is 0. The van der Waals surface area contributed by atoms with Gasteiger partial charge in [-0.2, -0.15) is 0 Å². The maximum Gasteiger partial charge on any atom is 0.199 e. The van der Waals surface area contributed by atoms with Gasteiger partial charge in [0.2, 0.25) is 0 Å². The SMILES string of the molecule is O=CC(=O)CC1=C(Cl)CC(Cl)(/C=C/c2ccccc2)C=C1. The molecule has 0 N–H and O–H groups in total. The number of Topliss-reactive ketones (excluding diaryl/α,β-unsaturated/α-hetero) is 1. The highest BCUT2D eigenvalue weighted by Gasteiger charge is 2.27. The third-order valence-electron chi connectivity index (χ3n) is 3.18. The molecule has 0 spiro atoms. The van der Waals surface area contributed by atoms with Gasteiger partial charge >= 0.3 is 0 Å². The number of halogens is 2. The van der Waals surface area contributed by atoms with Crippen LogP contribution in [0.4, 0.5) is 0 Å². The number of hydrogen-bond donors (Lipinski definition) is 0. The summed E-state index contributed by atoms with van der Waals surface area (Å²) >= 11 is 12.7. The van der Waals surface area contributed by atoms with E-state index >= 15 is 0 Å². The van der Waals surface area contributed by atoms with Crippen molar-refractivity contribution in [1.82, 2.24) is 0 Å². The topological polar surface area (TPSA) is 34.1 Å². The lowest BCUT2D eigenvalue weighted by Gasteiger charge is -2.24. The van der Waals surface area contributed by atoms with Crippen LogP contribution in [0.2, 0.25) is 0 Å². The highest BCUT2D eigenvalue weighted by molar-refractivity contribution is 6.34. The van der Waals surface area contributed by atoms with Gasteiger partial charge in [-0.3, -0.25) is 9.59 Å². The number of aldehydes is 1. The Bertz CT molecular complexity index is 629. The molecule has 0 heterocycles. The van der Waals surface area contributed by atoms with Gasteiger partial charge in [-0.1, -0.05) is 66.2 Å². The predicted octanol–water partition coefficient (Wildman–Crippen LogP) is 4.29. The summed E-state index contributed by atoms with van der Waals surface area (Å²) in [6.07, 6.45) is 8.06. The van der Waals surface area contributed by atoms with Gasteiger partial charge in [0.25, 0.3) is 0 Å². The molecular formula is C17H14Cl2O2. The largest absolute Gasteiger partial charge is 0.295 e. The molecule has 2 rings (SSSR count). The van der Waals surface area contributed by atoms with Crippen LogP contribution in [0, 0.1) is 0 Å². The fourth-order valence-electron chi connectivity index (χ4n) is 2.04. The Morgan fingerprint density at radius 3 is 2.62 bits per heavy atom. The number of carbonyl (C=O) groups excluding carboxylic acids is 2. The quantitative estimate of drug-likeness (QED) is 0.461. The molecule has 1 aromatic rings. The van der Waals surface area contributed by atoms with Crippen molar-refractivity contribution in [2.24, 2.45) is 0 Å². The number of benzene rings is 1. The molecule has 0 aliphatic heterocycles. The number of allylic oxidation sites excluding steroid dienone is 5. The van der Waals surface area contributed by atoms with Crippen molar-refractivity contribution in [2.75, 3.05) is 0 Å². The zero-order valence-corrected chi connectivity index (χ0v) is 12.8. The molecule has 0 fully saturated rings. The molecule has 2 nitrogen and oxygen atoms in total. The second-order valence-corrected chi connectivity index (χ2v) is 6.03. The first-order valence-corrected chi connectivity index (χ1v) is 7.26. The Hall–Kier alpha value is -1.64. The molecule has 21 heavy (non-hydrogen) atoms. The Balaban J connectivity index is 2.11. The zero-order chi connectivity index (χ0) is 15.3. The van der Waals surface area contributed by atoms with Crippen LogP contribution in [0.3, 0.4) is 0 Å². The molecule has 1 aromatic carbocycles. The van der Waals surface area contributed by atoms with Crippen molar-refractivity contribution in [1.29, 1.82) is 0 Å². The van der Waals surface area contributed by atoms with Crippen molar-refractivity contribution in [3.8, 4) is 0 Å². The van der Waals surface area contributed by atoms with Crippen LogP contribution < -0.4 is 0 Å². The van der Waals surface area contributed by atoms with Crippen LogP contribution in [0.25, 0.3) is 6.08 Å². The summed E-state index contributed by atoms with van der Waals surface area (Å²) in [4.78, 5) is 20.8. The Morgan fingerprint density at radius 2 is 2.00 bits per heavy atom. The average Bonchev–Trinajstić information content (AvgIpc) is 2.49. The molecule has 0 saturated carbocycles. The summed E-state index contributed by atoms with van der Waals surface area (Å²) in [5.41, 5.74) is 1.70. The first kappa shape index (κ1) is 15.7. The maximum absolute atomic E-state index is 11.2. The summed E-state index contributed by atoms with van der Waals surface area (Å²) in [5.74, 6) is -0.491. The van der Waals surface area contributed by atoms with Crippen LogP contribution >= 0.6 is 23.2 Å². The zero-order valence-electron chi connectivity index (χ0n) is 11.3. The third-order valence-corrected chi connectivity index (χ3v) is 3.95. The van der Waals surface area contributed by atoms with E-state index in [1.165, 1.54) is 0 Å². The van der Waals surface area contributed by atoms with Crippen molar-refractivity contribution >= 4 is 41.3 Å². The molecule has 1 aliphatic rings. The lowest BCUT2D eigenvalue weighted by molar-refractivity contribution is -0.129. The normalized spacial score (nSPS) is 21.8. The van der Waals surface area contributed by atoms with Gasteiger partial charge in [0, 0.05) is 17.9 Å². The average molecular weight is 321 g/mol. The molecule has 1 unspecified atom stereocenters. The smallest absolute Gasteiger partial charge is 0.199 e. The second kappa shape index (κ2) is 6.88. The molecule has 0 amide bonds. The van der Waals surface area contributed by atoms with Crippen LogP contribution in [0.1, 0.15) is 18.4 Å². The highest BCUT2D eigenvalue weighted by Crippen LogP contribution is 2.37. The monoisotopic (exact) mass is 320 g/mol. The molecule has 1 aliphatic carbocycles. The minimum Gasteiger partial charge on any atom is -0.295 e. The first-order chi connectivity index (χ1) is 10.0. The molecule has 0 radical (unpaired) electrons. The van der Waals surface area contributed by atoms with Crippen LogP contribution in [-0.2, 0) is 9.59 Å². The molecule has 0 saturated heterocycles. The number of carbonyl (C=O) groups is 2.